The molecule has 14 heteroatoms. The number of hydrogen-bond acceptors (Lipinski definition) is 14. The van der Waals surface area contributed by atoms with Crippen LogP contribution in [0.3, 0.4) is 0 Å². The maximum absolute atomic E-state index is 12.8. The number of carbonyl (C=O) groups is 3. The molecule has 4 N–H and O–H groups in total. The molecule has 0 bridgehead atoms. The van der Waals surface area contributed by atoms with Crippen LogP contribution in [0.4, 0.5) is 34.1 Å². The Morgan fingerprint density at radius 3 is 1.10 bits per heavy atom. The fourth-order valence-electron chi connectivity index (χ4n) is 9.17. The molecular weight excluding hydrogens is 1020 g/mol. The lowest BCUT2D eigenvalue weighted by Gasteiger charge is -2.17. The summed E-state index contributed by atoms with van der Waals surface area (Å²) in [5.74, 6) is 1.59. The summed E-state index contributed by atoms with van der Waals surface area (Å²) in [6.07, 6.45) is 8.77. The van der Waals surface area contributed by atoms with Gasteiger partial charge < -0.3 is 40.0 Å². The summed E-state index contributed by atoms with van der Waals surface area (Å²) in [7, 11) is 3.28. The van der Waals surface area contributed by atoms with E-state index in [4.69, 9.17) is 18.9 Å². The van der Waals surface area contributed by atoms with Crippen molar-refractivity contribution in [2.45, 2.75) is 86.7 Å². The Bertz CT molecular complexity index is 3440. The van der Waals surface area contributed by atoms with Crippen LogP contribution in [-0.2, 0) is 16.1 Å². The summed E-state index contributed by atoms with van der Waals surface area (Å²) in [6, 6.07) is 41.2. The second kappa shape index (κ2) is 30.1. The van der Waals surface area contributed by atoms with Gasteiger partial charge in [0, 0.05) is 90.9 Å². The van der Waals surface area contributed by atoms with Crippen LogP contribution in [0.15, 0.2) is 146 Å². The predicted octanol–water partition coefficient (Wildman–Crippen LogP) is 15.4. The van der Waals surface area contributed by atoms with Gasteiger partial charge in [-0.15, -0.1) is 0 Å². The normalized spacial score (nSPS) is 10.8. The number of aliphatic hydroxyl groups is 1. The lowest BCUT2D eigenvalue weighted by atomic mass is 10.0. The van der Waals surface area contributed by atoms with Crippen LogP contribution in [0.2, 0.25) is 0 Å². The molecule has 14 nitrogen and oxygen atoms in total. The van der Waals surface area contributed by atoms with Crippen LogP contribution < -0.4 is 25.4 Å². The number of ether oxygens (including phenoxy) is 4. The van der Waals surface area contributed by atoms with Gasteiger partial charge in [-0.2, -0.15) is 0 Å². The number of para-hydroxylation sites is 6. The number of aliphatic hydroxyl groups excluding tert-OH is 1. The first-order chi connectivity index (χ1) is 39.5. The Balaban J connectivity index is 0.000000176. The zero-order chi connectivity index (χ0) is 57.7. The first kappa shape index (κ1) is 60.1. The number of nitrogens with one attached hydrogen (secondary N) is 3. The fraction of sp³-hybridized carbons (Fsp3) is 0.284. The molecule has 420 valence electrons. The molecular formula is C67H74N6O8. The third kappa shape index (κ3) is 15.2. The Labute approximate surface area is 475 Å². The second-order valence-corrected chi connectivity index (χ2v) is 19.4. The Kier molecular flexibility index (Phi) is 22.4. The molecule has 6 aromatic carbocycles. The molecule has 9 rings (SSSR count). The molecule has 3 heterocycles. The van der Waals surface area contributed by atoms with Crippen molar-refractivity contribution in [2.75, 3.05) is 56.6 Å². The Morgan fingerprint density at radius 2 is 0.765 bits per heavy atom. The summed E-state index contributed by atoms with van der Waals surface area (Å²) in [5.41, 5.74) is 13.2. The van der Waals surface area contributed by atoms with Gasteiger partial charge >= 0.3 is 0 Å². The van der Waals surface area contributed by atoms with Gasteiger partial charge in [-0.25, -0.2) is 0 Å². The van der Waals surface area contributed by atoms with E-state index in [1.807, 2.05) is 169 Å². The van der Waals surface area contributed by atoms with Crippen LogP contribution in [0.1, 0.15) is 113 Å². The first-order valence-corrected chi connectivity index (χ1v) is 27.6. The molecule has 3 aromatic heterocycles. The molecule has 0 radical (unpaired) electrons. The number of aryl methyl sites for hydroxylation is 3. The number of Topliss-reactive ketones (excluding diaryl/α,β-unsaturated/α-hetero) is 3. The highest BCUT2D eigenvalue weighted by Crippen LogP contribution is 2.38. The number of benzene rings is 6. The minimum atomic E-state index is -0.0869. The van der Waals surface area contributed by atoms with Crippen molar-refractivity contribution in [1.29, 1.82) is 0 Å². The number of methoxy groups -OCH3 is 2. The highest BCUT2D eigenvalue weighted by atomic mass is 16.5. The number of rotatable bonds is 24. The van der Waals surface area contributed by atoms with Gasteiger partial charge in [0.2, 0.25) is 0 Å². The Morgan fingerprint density at radius 1 is 0.432 bits per heavy atom. The molecule has 0 aliphatic carbocycles. The number of nitrogens with zero attached hydrogens (tertiary/aromatic N) is 3. The van der Waals surface area contributed by atoms with Crippen molar-refractivity contribution < 1.29 is 38.4 Å². The number of anilines is 6. The number of hydrogen-bond donors (Lipinski definition) is 4. The van der Waals surface area contributed by atoms with Gasteiger partial charge in [0.15, 0.2) is 17.3 Å². The van der Waals surface area contributed by atoms with Gasteiger partial charge in [0.1, 0.15) is 35.7 Å². The van der Waals surface area contributed by atoms with E-state index >= 15 is 0 Å². The molecule has 0 saturated heterocycles. The molecule has 0 amide bonds. The van der Waals surface area contributed by atoms with E-state index in [-0.39, 0.29) is 24.0 Å². The van der Waals surface area contributed by atoms with Crippen molar-refractivity contribution in [3.8, 4) is 11.5 Å². The fourth-order valence-corrected chi connectivity index (χ4v) is 9.17. The van der Waals surface area contributed by atoms with Gasteiger partial charge in [-0.1, -0.05) is 118 Å². The first-order valence-electron chi connectivity index (χ1n) is 27.6. The second-order valence-electron chi connectivity index (χ2n) is 19.4. The highest BCUT2D eigenvalue weighted by Gasteiger charge is 2.21. The topological polar surface area (TPSA) is 183 Å². The van der Waals surface area contributed by atoms with E-state index < -0.39 is 0 Å². The standard InChI is InChI=1S/2C23H26N2O3.C21H22N2O2/c2*1-4-8-20(26)18-15-24-23-17(10-7-12-21(23)28-14-13-27-3)22(18)25-19-11-6-5-9-16(19)2;1-3-7-19(25)17-12-22-20-15(13-24)9-6-10-16(20)21(17)23-18-11-5-4-8-14(18)2/h2*5-7,9-12,15H,4,8,13-14H2,1-3H3,(H,24,25);4-6,8-12,24H,3,7,13H2,1-2H3,(H,22,23). The molecule has 0 spiro atoms. The van der Waals surface area contributed by atoms with Crippen LogP contribution in [0.5, 0.6) is 11.5 Å². The van der Waals surface area contributed by atoms with Gasteiger partial charge in [0.25, 0.3) is 0 Å². The SMILES string of the molecule is CCCC(=O)c1cnc2c(CO)cccc2c1Nc1ccccc1C.CCCC(=O)c1cnc2c(OCCOC)cccc2c1Nc1ccccc1C.CCCC(=O)c1cnc2c(OCCOC)cccc2c1Nc1ccccc1C. The van der Waals surface area contributed by atoms with Crippen molar-refractivity contribution in [2.24, 2.45) is 0 Å². The van der Waals surface area contributed by atoms with Crippen molar-refractivity contribution in [3.63, 3.8) is 0 Å². The predicted molar refractivity (Wildman–Crippen MR) is 327 cm³/mol. The minimum Gasteiger partial charge on any atom is -0.489 e. The number of ketones is 3. The molecule has 0 aliphatic rings. The summed E-state index contributed by atoms with van der Waals surface area (Å²) in [4.78, 5) is 51.7. The van der Waals surface area contributed by atoms with Gasteiger partial charge in [-0.05, 0) is 87.1 Å². The minimum absolute atomic E-state index is 0.0717. The number of aromatic nitrogens is 3. The van der Waals surface area contributed by atoms with E-state index in [9.17, 15) is 19.5 Å². The van der Waals surface area contributed by atoms with E-state index in [1.165, 1.54) is 0 Å². The van der Waals surface area contributed by atoms with E-state index in [0.717, 1.165) is 103 Å². The molecule has 0 atom stereocenters. The lowest BCUT2D eigenvalue weighted by molar-refractivity contribution is 0.0974. The van der Waals surface area contributed by atoms with E-state index in [1.54, 1.807) is 32.8 Å². The molecule has 0 fully saturated rings. The summed E-state index contributed by atoms with van der Waals surface area (Å²) < 4.78 is 21.8. The van der Waals surface area contributed by atoms with Crippen LogP contribution in [-0.4, -0.2) is 78.1 Å². The molecule has 0 saturated carbocycles. The van der Waals surface area contributed by atoms with E-state index in [2.05, 4.69) is 30.9 Å². The van der Waals surface area contributed by atoms with Crippen molar-refractivity contribution >= 4 is 84.2 Å². The summed E-state index contributed by atoms with van der Waals surface area (Å²) in [6.45, 7) is 13.9. The molecule has 0 aliphatic heterocycles. The Hall–Kier alpha value is -8.56. The number of fused-ring (bicyclic) bond motifs is 3. The maximum atomic E-state index is 12.8. The summed E-state index contributed by atoms with van der Waals surface area (Å²) in [5, 5.41) is 22.5. The quantitative estimate of drug-likeness (QED) is 0.0331. The van der Waals surface area contributed by atoms with Crippen molar-refractivity contribution in [3.05, 3.63) is 185 Å². The average molecular weight is 1090 g/mol. The highest BCUT2D eigenvalue weighted by molar-refractivity contribution is 6.12. The molecule has 81 heavy (non-hydrogen) atoms. The van der Waals surface area contributed by atoms with Crippen LogP contribution in [0, 0.1) is 20.8 Å². The van der Waals surface area contributed by atoms with Crippen LogP contribution >= 0.6 is 0 Å². The smallest absolute Gasteiger partial charge is 0.166 e. The number of pyridine rings is 3. The zero-order valence-electron chi connectivity index (χ0n) is 47.8. The third-order valence-electron chi connectivity index (χ3n) is 13.5. The van der Waals surface area contributed by atoms with Crippen molar-refractivity contribution in [1.82, 2.24) is 15.0 Å². The number of carbonyl (C=O) groups excluding carboxylic acids is 3. The zero-order valence-corrected chi connectivity index (χ0v) is 47.8. The van der Waals surface area contributed by atoms with Crippen LogP contribution in [0.25, 0.3) is 32.7 Å². The van der Waals surface area contributed by atoms with E-state index in [0.29, 0.717) is 79.4 Å². The molecule has 0 unspecified atom stereocenters. The third-order valence-corrected chi connectivity index (χ3v) is 13.5. The molecule has 9 aromatic rings. The van der Waals surface area contributed by atoms with Gasteiger partial charge in [-0.3, -0.25) is 29.3 Å². The van der Waals surface area contributed by atoms with Gasteiger partial charge in [0.05, 0.1) is 59.1 Å². The lowest BCUT2D eigenvalue weighted by Crippen LogP contribution is -2.08. The summed E-state index contributed by atoms with van der Waals surface area (Å²) >= 11 is 0. The average Bonchev–Trinajstić information content (AvgIpc) is 3.50. The maximum Gasteiger partial charge on any atom is 0.166 e. The monoisotopic (exact) mass is 1090 g/mol. The largest absolute Gasteiger partial charge is 0.489 e.